The number of rotatable bonds is 7. The van der Waals surface area contributed by atoms with E-state index in [1.807, 2.05) is 0 Å². The van der Waals surface area contributed by atoms with Crippen LogP contribution in [0.1, 0.15) is 33.5 Å². The van der Waals surface area contributed by atoms with Crippen molar-refractivity contribution in [2.45, 2.75) is 25.8 Å². The van der Waals surface area contributed by atoms with E-state index in [1.165, 1.54) is 17.2 Å². The molecule has 1 aliphatic rings. The Hall–Kier alpha value is -2.66. The van der Waals surface area contributed by atoms with Crippen molar-refractivity contribution in [1.29, 1.82) is 0 Å². The first-order valence-electron chi connectivity index (χ1n) is 9.00. The molecule has 0 aromatic heterocycles. The number of carbonyl (C=O) groups is 2. The maximum atomic E-state index is 12.1. The van der Waals surface area contributed by atoms with Gasteiger partial charge in [-0.25, -0.2) is 4.79 Å². The molecule has 0 spiro atoms. The highest BCUT2D eigenvalue weighted by atomic mass is 16.4. The molecule has 0 saturated carbocycles. The standard InChI is InChI=1S/C21H24N2O3/c24-20(14-17-7-3-4-9-19(17)21(25)26)22-11-5-12-23-13-10-16-6-1-2-8-18(16)15-23/h1-4,6-9H,5,10-15H2,(H,22,24)(H,25,26). The molecule has 2 N–H and O–H groups in total. The van der Waals surface area contributed by atoms with Crippen LogP contribution in [0.3, 0.4) is 0 Å². The fourth-order valence-electron chi connectivity index (χ4n) is 3.39. The zero-order valence-corrected chi connectivity index (χ0v) is 14.8. The highest BCUT2D eigenvalue weighted by molar-refractivity contribution is 5.91. The van der Waals surface area contributed by atoms with Crippen molar-refractivity contribution in [3.05, 3.63) is 70.8 Å². The number of hydrogen-bond acceptors (Lipinski definition) is 3. The zero-order chi connectivity index (χ0) is 18.4. The van der Waals surface area contributed by atoms with Crippen molar-refractivity contribution in [2.75, 3.05) is 19.6 Å². The minimum Gasteiger partial charge on any atom is -0.478 e. The summed E-state index contributed by atoms with van der Waals surface area (Å²) in [7, 11) is 0. The average Bonchev–Trinajstić information content (AvgIpc) is 2.65. The quantitative estimate of drug-likeness (QED) is 0.751. The molecule has 0 radical (unpaired) electrons. The van der Waals surface area contributed by atoms with Crippen LogP contribution in [0.2, 0.25) is 0 Å². The second kappa shape index (κ2) is 8.63. The monoisotopic (exact) mass is 352 g/mol. The van der Waals surface area contributed by atoms with Crippen molar-refractivity contribution in [3.8, 4) is 0 Å². The summed E-state index contributed by atoms with van der Waals surface area (Å²) < 4.78 is 0. The molecule has 1 aliphatic heterocycles. The Morgan fingerprint density at radius 3 is 2.58 bits per heavy atom. The SMILES string of the molecule is O=C(Cc1ccccc1C(=O)O)NCCCN1CCc2ccccc2C1. The predicted molar refractivity (Wildman–Crippen MR) is 100 cm³/mol. The number of fused-ring (bicyclic) bond motifs is 1. The van der Waals surface area contributed by atoms with Gasteiger partial charge in [0.05, 0.1) is 12.0 Å². The summed E-state index contributed by atoms with van der Waals surface area (Å²) in [5.74, 6) is -1.14. The normalized spacial score (nSPS) is 13.8. The average molecular weight is 352 g/mol. The minimum absolute atomic E-state index is 0.0968. The Kier molecular flexibility index (Phi) is 6.02. The third-order valence-corrected chi connectivity index (χ3v) is 4.78. The van der Waals surface area contributed by atoms with Gasteiger partial charge in [-0.05, 0) is 35.6 Å². The van der Waals surface area contributed by atoms with Crippen LogP contribution < -0.4 is 5.32 Å². The number of benzene rings is 2. The number of nitrogens with zero attached hydrogens (tertiary/aromatic N) is 1. The number of carboxylic acids is 1. The van der Waals surface area contributed by atoms with Gasteiger partial charge in [0.25, 0.3) is 0 Å². The number of carbonyl (C=O) groups excluding carboxylic acids is 1. The molecule has 136 valence electrons. The lowest BCUT2D eigenvalue weighted by atomic mass is 10.00. The van der Waals surface area contributed by atoms with Crippen LogP contribution in [0.15, 0.2) is 48.5 Å². The molecule has 0 atom stereocenters. The fourth-order valence-corrected chi connectivity index (χ4v) is 3.39. The number of aromatic carboxylic acids is 1. The molecule has 0 bridgehead atoms. The Morgan fingerprint density at radius 2 is 1.77 bits per heavy atom. The third-order valence-electron chi connectivity index (χ3n) is 4.78. The van der Waals surface area contributed by atoms with E-state index in [-0.39, 0.29) is 17.9 Å². The number of amides is 1. The highest BCUT2D eigenvalue weighted by Crippen LogP contribution is 2.18. The first-order chi connectivity index (χ1) is 12.6. The lowest BCUT2D eigenvalue weighted by Crippen LogP contribution is -2.34. The summed E-state index contributed by atoms with van der Waals surface area (Å²) in [5.41, 5.74) is 3.57. The molecule has 1 heterocycles. The summed E-state index contributed by atoms with van der Waals surface area (Å²) in [6, 6.07) is 15.2. The Balaban J connectivity index is 1.40. The van der Waals surface area contributed by atoms with Crippen LogP contribution in [0, 0.1) is 0 Å². The summed E-state index contributed by atoms with van der Waals surface area (Å²) in [6.45, 7) is 3.57. The molecule has 0 saturated heterocycles. The smallest absolute Gasteiger partial charge is 0.335 e. The van der Waals surface area contributed by atoms with Crippen LogP contribution in [0.4, 0.5) is 0 Å². The van der Waals surface area contributed by atoms with Crippen LogP contribution in [0.25, 0.3) is 0 Å². The topological polar surface area (TPSA) is 69.6 Å². The van der Waals surface area contributed by atoms with Crippen molar-refractivity contribution < 1.29 is 14.7 Å². The van der Waals surface area contributed by atoms with Gasteiger partial charge in [-0.1, -0.05) is 42.5 Å². The van der Waals surface area contributed by atoms with Gasteiger partial charge in [0, 0.05) is 26.2 Å². The summed E-state index contributed by atoms with van der Waals surface area (Å²) in [6.07, 6.45) is 2.06. The maximum Gasteiger partial charge on any atom is 0.335 e. The van der Waals surface area contributed by atoms with Crippen molar-refractivity contribution >= 4 is 11.9 Å². The first kappa shape index (κ1) is 18.1. The maximum absolute atomic E-state index is 12.1. The molecular formula is C21H24N2O3. The van der Waals surface area contributed by atoms with E-state index in [0.29, 0.717) is 12.1 Å². The highest BCUT2D eigenvalue weighted by Gasteiger charge is 2.15. The second-order valence-corrected chi connectivity index (χ2v) is 6.64. The van der Waals surface area contributed by atoms with Gasteiger partial charge in [-0.15, -0.1) is 0 Å². The predicted octanol–water partition coefficient (Wildman–Crippen LogP) is 2.49. The third kappa shape index (κ3) is 4.70. The lowest BCUT2D eigenvalue weighted by Gasteiger charge is -2.28. The lowest BCUT2D eigenvalue weighted by molar-refractivity contribution is -0.120. The van der Waals surface area contributed by atoms with Crippen LogP contribution in [0.5, 0.6) is 0 Å². The molecule has 0 fully saturated rings. The van der Waals surface area contributed by atoms with E-state index in [9.17, 15) is 9.59 Å². The molecule has 3 rings (SSSR count). The van der Waals surface area contributed by atoms with Crippen LogP contribution in [-0.4, -0.2) is 41.5 Å². The minimum atomic E-state index is -1.00. The van der Waals surface area contributed by atoms with Gasteiger partial charge in [-0.2, -0.15) is 0 Å². The van der Waals surface area contributed by atoms with E-state index in [2.05, 4.69) is 34.5 Å². The second-order valence-electron chi connectivity index (χ2n) is 6.64. The van der Waals surface area contributed by atoms with E-state index in [4.69, 9.17) is 5.11 Å². The van der Waals surface area contributed by atoms with E-state index in [1.54, 1.807) is 18.2 Å². The van der Waals surface area contributed by atoms with E-state index >= 15 is 0 Å². The van der Waals surface area contributed by atoms with Gasteiger partial charge in [0.15, 0.2) is 0 Å². The Labute approximate surface area is 153 Å². The van der Waals surface area contributed by atoms with Crippen LogP contribution in [-0.2, 0) is 24.2 Å². The van der Waals surface area contributed by atoms with E-state index in [0.717, 1.165) is 32.5 Å². The van der Waals surface area contributed by atoms with Gasteiger partial charge in [0.1, 0.15) is 0 Å². The summed E-state index contributed by atoms with van der Waals surface area (Å²) in [4.78, 5) is 25.7. The van der Waals surface area contributed by atoms with Crippen molar-refractivity contribution in [1.82, 2.24) is 10.2 Å². The number of hydrogen-bond donors (Lipinski definition) is 2. The molecule has 1 amide bonds. The molecule has 5 heteroatoms. The Morgan fingerprint density at radius 1 is 1.04 bits per heavy atom. The summed E-state index contributed by atoms with van der Waals surface area (Å²) in [5, 5.41) is 12.1. The molecule has 0 aliphatic carbocycles. The van der Waals surface area contributed by atoms with Gasteiger partial charge >= 0.3 is 5.97 Å². The fraction of sp³-hybridized carbons (Fsp3) is 0.333. The van der Waals surface area contributed by atoms with Gasteiger partial charge in [0.2, 0.25) is 5.91 Å². The van der Waals surface area contributed by atoms with Crippen molar-refractivity contribution in [3.63, 3.8) is 0 Å². The van der Waals surface area contributed by atoms with E-state index < -0.39 is 5.97 Å². The van der Waals surface area contributed by atoms with Crippen molar-refractivity contribution in [2.24, 2.45) is 0 Å². The zero-order valence-electron chi connectivity index (χ0n) is 14.8. The molecule has 2 aromatic rings. The van der Waals surface area contributed by atoms with Crippen LogP contribution >= 0.6 is 0 Å². The molecule has 5 nitrogen and oxygen atoms in total. The summed E-state index contributed by atoms with van der Waals surface area (Å²) >= 11 is 0. The van der Waals surface area contributed by atoms with Gasteiger partial charge < -0.3 is 10.4 Å². The number of carboxylic acid groups (broad SMARTS) is 1. The number of nitrogens with one attached hydrogen (secondary N) is 1. The Bertz CT molecular complexity index is 788. The molecule has 0 unspecified atom stereocenters. The van der Waals surface area contributed by atoms with Gasteiger partial charge in [-0.3, -0.25) is 9.69 Å². The molecule has 2 aromatic carbocycles. The largest absolute Gasteiger partial charge is 0.478 e. The molecule has 26 heavy (non-hydrogen) atoms. The molecular weight excluding hydrogens is 328 g/mol. The first-order valence-corrected chi connectivity index (χ1v) is 9.00.